The number of rotatable bonds is 8. The Balaban J connectivity index is 1.86. The monoisotopic (exact) mass is 368 g/mol. The van der Waals surface area contributed by atoms with Crippen molar-refractivity contribution in [1.29, 1.82) is 0 Å². The Morgan fingerprint density at radius 1 is 0.741 bits per heavy atom. The Hall–Kier alpha value is -3.10. The number of methoxy groups -OCH3 is 4. The first kappa shape index (κ1) is 20.2. The van der Waals surface area contributed by atoms with E-state index in [0.29, 0.717) is 24.7 Å². The fraction of sp³-hybridized carbons (Fsp3) is 0.273. The highest BCUT2D eigenvalue weighted by atomic mass is 16.5. The fourth-order valence-corrected chi connectivity index (χ4v) is 2.31. The van der Waals surface area contributed by atoms with Gasteiger partial charge in [0.2, 0.25) is 0 Å². The van der Waals surface area contributed by atoms with Crippen LogP contribution in [0.15, 0.2) is 42.5 Å². The molecule has 0 saturated heterocycles. The Bertz CT molecular complexity index is 786. The zero-order chi connectivity index (χ0) is 19.5. The molecule has 0 radical (unpaired) electrons. The van der Waals surface area contributed by atoms with Crippen molar-refractivity contribution < 1.29 is 23.7 Å². The SMILES string of the molecule is COc1cc(C#CCOC/C=C/c2cc(OC)cc(OC)c2)cc(OC)c1. The second-order valence-electron chi connectivity index (χ2n) is 5.47. The van der Waals surface area contributed by atoms with E-state index in [1.165, 1.54) is 0 Å². The minimum absolute atomic E-state index is 0.325. The average molecular weight is 368 g/mol. The van der Waals surface area contributed by atoms with E-state index in [-0.39, 0.29) is 0 Å². The predicted molar refractivity (Wildman–Crippen MR) is 106 cm³/mol. The molecule has 0 unspecified atom stereocenters. The number of hydrogen-bond acceptors (Lipinski definition) is 5. The molecule has 0 spiro atoms. The molecule has 27 heavy (non-hydrogen) atoms. The van der Waals surface area contributed by atoms with Gasteiger partial charge in [0.1, 0.15) is 29.6 Å². The van der Waals surface area contributed by atoms with Gasteiger partial charge in [0, 0.05) is 17.7 Å². The van der Waals surface area contributed by atoms with Crippen molar-refractivity contribution in [3.8, 4) is 34.8 Å². The summed E-state index contributed by atoms with van der Waals surface area (Å²) in [4.78, 5) is 0. The molecule has 5 heteroatoms. The molecule has 2 aromatic rings. The van der Waals surface area contributed by atoms with Crippen molar-refractivity contribution in [2.45, 2.75) is 0 Å². The molecule has 0 saturated carbocycles. The van der Waals surface area contributed by atoms with Crippen LogP contribution in [0.3, 0.4) is 0 Å². The zero-order valence-corrected chi connectivity index (χ0v) is 16.1. The van der Waals surface area contributed by atoms with Crippen LogP contribution in [0.2, 0.25) is 0 Å². The first-order chi connectivity index (χ1) is 13.2. The Labute approximate surface area is 160 Å². The molecule has 2 aromatic carbocycles. The summed E-state index contributed by atoms with van der Waals surface area (Å²) in [6, 6.07) is 11.2. The van der Waals surface area contributed by atoms with Crippen LogP contribution >= 0.6 is 0 Å². The Kier molecular flexibility index (Phi) is 8.08. The molecular formula is C22H24O5. The summed E-state index contributed by atoms with van der Waals surface area (Å²) in [5.41, 5.74) is 1.79. The van der Waals surface area contributed by atoms with Crippen molar-refractivity contribution in [3.63, 3.8) is 0 Å². The maximum Gasteiger partial charge on any atom is 0.123 e. The summed E-state index contributed by atoms with van der Waals surface area (Å²) in [7, 11) is 6.47. The molecule has 0 fully saturated rings. The van der Waals surface area contributed by atoms with Crippen LogP contribution < -0.4 is 18.9 Å². The summed E-state index contributed by atoms with van der Waals surface area (Å²) >= 11 is 0. The second kappa shape index (κ2) is 10.8. The van der Waals surface area contributed by atoms with Crippen LogP contribution in [-0.4, -0.2) is 41.7 Å². The van der Waals surface area contributed by atoms with Gasteiger partial charge in [-0.1, -0.05) is 24.0 Å². The quantitative estimate of drug-likeness (QED) is 0.524. The van der Waals surface area contributed by atoms with E-state index in [2.05, 4.69) is 11.8 Å². The third-order valence-corrected chi connectivity index (χ3v) is 3.66. The minimum atomic E-state index is 0.325. The summed E-state index contributed by atoms with van der Waals surface area (Å²) < 4.78 is 26.5. The minimum Gasteiger partial charge on any atom is -0.497 e. The van der Waals surface area contributed by atoms with Crippen LogP contribution in [0.5, 0.6) is 23.0 Å². The highest BCUT2D eigenvalue weighted by Crippen LogP contribution is 2.23. The summed E-state index contributed by atoms with van der Waals surface area (Å²) in [5.74, 6) is 8.92. The first-order valence-corrected chi connectivity index (χ1v) is 8.37. The van der Waals surface area contributed by atoms with Crippen molar-refractivity contribution >= 4 is 6.08 Å². The van der Waals surface area contributed by atoms with Crippen LogP contribution in [-0.2, 0) is 4.74 Å². The molecule has 5 nitrogen and oxygen atoms in total. The van der Waals surface area contributed by atoms with Crippen molar-refractivity contribution in [2.75, 3.05) is 41.7 Å². The molecule has 0 aliphatic carbocycles. The number of ether oxygens (including phenoxy) is 5. The zero-order valence-electron chi connectivity index (χ0n) is 16.1. The third kappa shape index (κ3) is 6.61. The molecule has 0 aliphatic rings. The van der Waals surface area contributed by atoms with Crippen molar-refractivity contribution in [1.82, 2.24) is 0 Å². The van der Waals surface area contributed by atoms with Gasteiger partial charge in [-0.3, -0.25) is 0 Å². The highest BCUT2D eigenvalue weighted by molar-refractivity contribution is 5.55. The van der Waals surface area contributed by atoms with E-state index >= 15 is 0 Å². The van der Waals surface area contributed by atoms with E-state index in [9.17, 15) is 0 Å². The van der Waals surface area contributed by atoms with Gasteiger partial charge in [-0.25, -0.2) is 0 Å². The lowest BCUT2D eigenvalue weighted by molar-refractivity contribution is 0.199. The van der Waals surface area contributed by atoms with Crippen LogP contribution in [0, 0.1) is 11.8 Å². The topological polar surface area (TPSA) is 46.2 Å². The van der Waals surface area contributed by atoms with Gasteiger partial charge in [0.05, 0.1) is 35.0 Å². The predicted octanol–water partition coefficient (Wildman–Crippen LogP) is 3.80. The van der Waals surface area contributed by atoms with Gasteiger partial charge >= 0.3 is 0 Å². The van der Waals surface area contributed by atoms with Crippen LogP contribution in [0.4, 0.5) is 0 Å². The Morgan fingerprint density at radius 3 is 1.78 bits per heavy atom. The smallest absolute Gasteiger partial charge is 0.123 e. The van der Waals surface area contributed by atoms with Gasteiger partial charge in [0.15, 0.2) is 0 Å². The average Bonchev–Trinajstić information content (AvgIpc) is 2.72. The van der Waals surface area contributed by atoms with Gasteiger partial charge in [0.25, 0.3) is 0 Å². The molecular weight excluding hydrogens is 344 g/mol. The maximum atomic E-state index is 5.52. The molecule has 0 aliphatic heterocycles. The molecule has 0 heterocycles. The van der Waals surface area contributed by atoms with Crippen LogP contribution in [0.25, 0.3) is 6.08 Å². The molecule has 0 atom stereocenters. The van der Waals surface area contributed by atoms with Gasteiger partial charge < -0.3 is 23.7 Å². The van der Waals surface area contributed by atoms with E-state index < -0.39 is 0 Å². The lowest BCUT2D eigenvalue weighted by atomic mass is 10.2. The lowest BCUT2D eigenvalue weighted by Gasteiger charge is -2.05. The Morgan fingerprint density at radius 2 is 1.26 bits per heavy atom. The van der Waals surface area contributed by atoms with E-state index in [0.717, 1.165) is 22.6 Å². The largest absolute Gasteiger partial charge is 0.497 e. The maximum absolute atomic E-state index is 5.52. The highest BCUT2D eigenvalue weighted by Gasteiger charge is 2.00. The van der Waals surface area contributed by atoms with E-state index in [1.807, 2.05) is 42.5 Å². The lowest BCUT2D eigenvalue weighted by Crippen LogP contribution is -1.92. The van der Waals surface area contributed by atoms with Crippen molar-refractivity contribution in [3.05, 3.63) is 53.6 Å². The third-order valence-electron chi connectivity index (χ3n) is 3.66. The first-order valence-electron chi connectivity index (χ1n) is 8.37. The summed E-state index contributed by atoms with van der Waals surface area (Å²) in [5, 5.41) is 0. The second-order valence-corrected chi connectivity index (χ2v) is 5.47. The summed E-state index contributed by atoms with van der Waals surface area (Å²) in [6.45, 7) is 0.779. The molecule has 2 rings (SSSR count). The van der Waals surface area contributed by atoms with Gasteiger partial charge in [-0.2, -0.15) is 0 Å². The number of hydrogen-bond donors (Lipinski definition) is 0. The molecule has 142 valence electrons. The van der Waals surface area contributed by atoms with Gasteiger partial charge in [-0.15, -0.1) is 0 Å². The molecule has 0 aromatic heterocycles. The standard InChI is InChI=1S/C22H24O5/c1-23-19-11-17(12-20(15-19)24-2)7-5-9-27-10-6-8-18-13-21(25-3)16-22(14-18)26-4/h5,7,11-16H,9-10H2,1-4H3/b7-5+. The van der Waals surface area contributed by atoms with E-state index in [1.54, 1.807) is 34.5 Å². The molecule has 0 bridgehead atoms. The normalized spacial score (nSPS) is 10.2. The van der Waals surface area contributed by atoms with E-state index in [4.69, 9.17) is 23.7 Å². The van der Waals surface area contributed by atoms with Crippen LogP contribution in [0.1, 0.15) is 11.1 Å². The number of benzene rings is 2. The fourth-order valence-electron chi connectivity index (χ4n) is 2.31. The van der Waals surface area contributed by atoms with Gasteiger partial charge in [-0.05, 0) is 29.8 Å². The molecule has 0 N–H and O–H groups in total. The summed E-state index contributed by atoms with van der Waals surface area (Å²) in [6.07, 6.45) is 3.87. The van der Waals surface area contributed by atoms with Crippen molar-refractivity contribution in [2.24, 2.45) is 0 Å². The molecule has 0 amide bonds.